The van der Waals surface area contributed by atoms with Gasteiger partial charge in [0.1, 0.15) is 5.92 Å². The Morgan fingerprint density at radius 2 is 2.10 bits per heavy atom. The Hall–Kier alpha value is -1.86. The van der Waals surface area contributed by atoms with Gasteiger partial charge in [0.25, 0.3) is 0 Å². The van der Waals surface area contributed by atoms with Crippen molar-refractivity contribution in [2.45, 2.75) is 26.2 Å². The maximum absolute atomic E-state index is 11.9. The predicted molar refractivity (Wildman–Crippen MR) is 78.0 cm³/mol. The van der Waals surface area contributed by atoms with Crippen LogP contribution in [0.2, 0.25) is 0 Å². The van der Waals surface area contributed by atoms with Crippen LogP contribution in [0, 0.1) is 17.2 Å². The van der Waals surface area contributed by atoms with Crippen molar-refractivity contribution in [3.8, 4) is 6.07 Å². The number of amides is 1. The second kappa shape index (κ2) is 9.99. The van der Waals surface area contributed by atoms with Gasteiger partial charge in [-0.15, -0.1) is 0 Å². The molecule has 1 rings (SSSR count). The summed E-state index contributed by atoms with van der Waals surface area (Å²) in [5, 5.41) is 11.9. The molecule has 0 radical (unpaired) electrons. The molecule has 0 heterocycles. The Morgan fingerprint density at radius 3 is 2.75 bits per heavy atom. The lowest BCUT2D eigenvalue weighted by Gasteiger charge is -2.10. The van der Waals surface area contributed by atoms with Crippen LogP contribution in [0.5, 0.6) is 0 Å². The van der Waals surface area contributed by atoms with E-state index in [1.165, 1.54) is 0 Å². The van der Waals surface area contributed by atoms with Gasteiger partial charge in [-0.25, -0.2) is 0 Å². The lowest BCUT2D eigenvalue weighted by atomic mass is 10.00. The number of hydrogen-bond acceptors (Lipinski definition) is 3. The highest BCUT2D eigenvalue weighted by Gasteiger charge is 2.17. The van der Waals surface area contributed by atoms with Crippen molar-refractivity contribution in [3.63, 3.8) is 0 Å². The summed E-state index contributed by atoms with van der Waals surface area (Å²) in [6.07, 6.45) is 2.23. The summed E-state index contributed by atoms with van der Waals surface area (Å²) in [4.78, 5) is 11.9. The number of carbonyl (C=O) groups excluding carboxylic acids is 1. The molecule has 0 aliphatic carbocycles. The van der Waals surface area contributed by atoms with Crippen LogP contribution in [-0.2, 0) is 16.0 Å². The molecular formula is C16H22N2O2. The van der Waals surface area contributed by atoms with E-state index in [0.29, 0.717) is 19.6 Å². The van der Waals surface area contributed by atoms with Gasteiger partial charge in [-0.1, -0.05) is 37.3 Å². The first-order valence-electron chi connectivity index (χ1n) is 7.07. The molecule has 0 bridgehead atoms. The molecule has 4 nitrogen and oxygen atoms in total. The highest BCUT2D eigenvalue weighted by atomic mass is 16.5. The van der Waals surface area contributed by atoms with Gasteiger partial charge in [-0.3, -0.25) is 4.79 Å². The molecular weight excluding hydrogens is 252 g/mol. The zero-order valence-electron chi connectivity index (χ0n) is 12.0. The molecule has 0 aliphatic rings. The van der Waals surface area contributed by atoms with Crippen LogP contribution in [0.25, 0.3) is 0 Å². The van der Waals surface area contributed by atoms with E-state index in [2.05, 4.69) is 18.3 Å². The van der Waals surface area contributed by atoms with Gasteiger partial charge in [0.2, 0.25) is 5.91 Å². The first-order chi connectivity index (χ1) is 9.77. The van der Waals surface area contributed by atoms with Gasteiger partial charge in [0.15, 0.2) is 0 Å². The zero-order chi connectivity index (χ0) is 14.6. The first kappa shape index (κ1) is 16.2. The summed E-state index contributed by atoms with van der Waals surface area (Å²) in [7, 11) is 0. The summed E-state index contributed by atoms with van der Waals surface area (Å²) in [5.41, 5.74) is 1.00. The molecule has 0 spiro atoms. The normalized spacial score (nSPS) is 11.6. The van der Waals surface area contributed by atoms with Crippen LogP contribution in [-0.4, -0.2) is 25.7 Å². The SMILES string of the molecule is CCCOCCCNC(=O)C(C#N)Cc1ccccc1. The van der Waals surface area contributed by atoms with Gasteiger partial charge in [0.05, 0.1) is 6.07 Å². The first-order valence-corrected chi connectivity index (χ1v) is 7.07. The Bertz CT molecular complexity index is 426. The van der Waals surface area contributed by atoms with Crippen molar-refractivity contribution in [1.29, 1.82) is 5.26 Å². The number of nitrogens with zero attached hydrogens (tertiary/aromatic N) is 1. The molecule has 0 saturated heterocycles. The van der Waals surface area contributed by atoms with Gasteiger partial charge >= 0.3 is 0 Å². The predicted octanol–water partition coefficient (Wildman–Crippen LogP) is 2.30. The molecule has 20 heavy (non-hydrogen) atoms. The third-order valence-corrected chi connectivity index (χ3v) is 2.87. The fourth-order valence-corrected chi connectivity index (χ4v) is 1.80. The molecule has 1 amide bonds. The van der Waals surface area contributed by atoms with Crippen LogP contribution in [0.4, 0.5) is 0 Å². The van der Waals surface area contributed by atoms with Crippen LogP contribution in [0.15, 0.2) is 30.3 Å². The Balaban J connectivity index is 2.28. The maximum Gasteiger partial charge on any atom is 0.237 e. The van der Waals surface area contributed by atoms with Crippen LogP contribution in [0.3, 0.4) is 0 Å². The second-order valence-corrected chi connectivity index (χ2v) is 4.63. The van der Waals surface area contributed by atoms with Crippen molar-refractivity contribution < 1.29 is 9.53 Å². The summed E-state index contributed by atoms with van der Waals surface area (Å²) < 4.78 is 5.33. The number of hydrogen-bond donors (Lipinski definition) is 1. The molecule has 108 valence electrons. The van der Waals surface area contributed by atoms with Gasteiger partial charge in [0, 0.05) is 19.8 Å². The van der Waals surface area contributed by atoms with E-state index in [1.807, 2.05) is 30.3 Å². The minimum absolute atomic E-state index is 0.202. The fourth-order valence-electron chi connectivity index (χ4n) is 1.80. The minimum Gasteiger partial charge on any atom is -0.381 e. The lowest BCUT2D eigenvalue weighted by molar-refractivity contribution is -0.123. The fraction of sp³-hybridized carbons (Fsp3) is 0.500. The zero-order valence-corrected chi connectivity index (χ0v) is 12.0. The van der Waals surface area contributed by atoms with Crippen molar-refractivity contribution in [1.82, 2.24) is 5.32 Å². The third-order valence-electron chi connectivity index (χ3n) is 2.87. The molecule has 1 unspecified atom stereocenters. The largest absolute Gasteiger partial charge is 0.381 e. The quantitative estimate of drug-likeness (QED) is 0.703. The third kappa shape index (κ3) is 6.35. The number of carbonyl (C=O) groups is 1. The van der Waals surface area contributed by atoms with Crippen molar-refractivity contribution >= 4 is 5.91 Å². The van der Waals surface area contributed by atoms with E-state index in [4.69, 9.17) is 10.00 Å². The average Bonchev–Trinajstić information content (AvgIpc) is 2.49. The average molecular weight is 274 g/mol. The van der Waals surface area contributed by atoms with Crippen molar-refractivity contribution in [2.24, 2.45) is 5.92 Å². The van der Waals surface area contributed by atoms with Gasteiger partial charge in [-0.05, 0) is 24.8 Å². The van der Waals surface area contributed by atoms with Crippen LogP contribution >= 0.6 is 0 Å². The van der Waals surface area contributed by atoms with E-state index < -0.39 is 5.92 Å². The maximum atomic E-state index is 11.9. The van der Waals surface area contributed by atoms with E-state index in [9.17, 15) is 4.79 Å². The van der Waals surface area contributed by atoms with Crippen LogP contribution < -0.4 is 5.32 Å². The summed E-state index contributed by atoms with van der Waals surface area (Å²) in [5.74, 6) is -0.833. The monoisotopic (exact) mass is 274 g/mol. The molecule has 1 aromatic carbocycles. The Kier molecular flexibility index (Phi) is 8.09. The minimum atomic E-state index is -0.631. The van der Waals surface area contributed by atoms with E-state index >= 15 is 0 Å². The van der Waals surface area contributed by atoms with Crippen molar-refractivity contribution in [2.75, 3.05) is 19.8 Å². The molecule has 1 N–H and O–H groups in total. The number of benzene rings is 1. The standard InChI is InChI=1S/C16H22N2O2/c1-2-10-20-11-6-9-18-16(19)15(13-17)12-14-7-4-3-5-8-14/h3-5,7-8,15H,2,6,9-12H2,1H3,(H,18,19). The van der Waals surface area contributed by atoms with E-state index in [-0.39, 0.29) is 5.91 Å². The molecule has 4 heteroatoms. The molecule has 1 aromatic rings. The van der Waals surface area contributed by atoms with Gasteiger partial charge < -0.3 is 10.1 Å². The van der Waals surface area contributed by atoms with Crippen molar-refractivity contribution in [3.05, 3.63) is 35.9 Å². The highest BCUT2D eigenvalue weighted by molar-refractivity contribution is 5.81. The van der Waals surface area contributed by atoms with E-state index in [0.717, 1.165) is 25.0 Å². The Labute approximate surface area is 120 Å². The highest BCUT2D eigenvalue weighted by Crippen LogP contribution is 2.08. The second-order valence-electron chi connectivity index (χ2n) is 4.63. The summed E-state index contributed by atoms with van der Waals surface area (Å²) in [6.45, 7) is 4.01. The van der Waals surface area contributed by atoms with Crippen LogP contribution in [0.1, 0.15) is 25.3 Å². The molecule has 0 fully saturated rings. The van der Waals surface area contributed by atoms with E-state index in [1.54, 1.807) is 0 Å². The number of rotatable bonds is 9. The number of nitrogens with one attached hydrogen (secondary N) is 1. The molecule has 1 atom stereocenters. The summed E-state index contributed by atoms with van der Waals surface area (Å²) >= 11 is 0. The topological polar surface area (TPSA) is 62.1 Å². The smallest absolute Gasteiger partial charge is 0.237 e. The molecule has 0 aliphatic heterocycles. The molecule has 0 aromatic heterocycles. The number of nitriles is 1. The van der Waals surface area contributed by atoms with Gasteiger partial charge in [-0.2, -0.15) is 5.26 Å². The lowest BCUT2D eigenvalue weighted by Crippen LogP contribution is -2.32. The summed E-state index contributed by atoms with van der Waals surface area (Å²) in [6, 6.07) is 11.7. The molecule has 0 saturated carbocycles. The Morgan fingerprint density at radius 1 is 1.35 bits per heavy atom. The number of ether oxygens (including phenoxy) is 1.